The second-order valence-corrected chi connectivity index (χ2v) is 7.30. The Morgan fingerprint density at radius 2 is 1.94 bits per heavy atom. The van der Waals surface area contributed by atoms with Gasteiger partial charge >= 0.3 is 0 Å². The summed E-state index contributed by atoms with van der Waals surface area (Å²) in [5.74, 6) is 1.51. The first kappa shape index (κ1) is 14.1. The first-order chi connectivity index (χ1) is 8.47. The van der Waals surface area contributed by atoms with E-state index in [9.17, 15) is 0 Å². The van der Waals surface area contributed by atoms with E-state index in [1.807, 2.05) is 0 Å². The van der Waals surface area contributed by atoms with E-state index in [0.717, 1.165) is 12.5 Å². The van der Waals surface area contributed by atoms with Gasteiger partial charge in [0.05, 0.1) is 0 Å². The molecule has 1 fully saturated rings. The van der Waals surface area contributed by atoms with Gasteiger partial charge < -0.3 is 5.32 Å². The van der Waals surface area contributed by atoms with Crippen LogP contribution < -0.4 is 5.32 Å². The topological polar surface area (TPSA) is 12.0 Å². The van der Waals surface area contributed by atoms with E-state index >= 15 is 0 Å². The van der Waals surface area contributed by atoms with Crippen LogP contribution in [-0.2, 0) is 0 Å². The number of hydrogen-bond donors (Lipinski definition) is 1. The molecule has 0 aromatic heterocycles. The second-order valence-electron chi connectivity index (χ2n) is 6.45. The van der Waals surface area contributed by atoms with Crippen LogP contribution in [0.5, 0.6) is 0 Å². The summed E-state index contributed by atoms with van der Waals surface area (Å²) < 4.78 is 1.26. The maximum Gasteiger partial charge on any atom is 0.0210 e. The molecule has 1 N–H and O–H groups in total. The average Bonchev–Trinajstić information content (AvgIpc) is 2.21. The minimum absolute atomic E-state index is 0.198. The molecule has 1 aliphatic carbocycles. The van der Waals surface area contributed by atoms with E-state index in [-0.39, 0.29) is 5.54 Å². The second kappa shape index (κ2) is 5.75. The molecule has 0 radical (unpaired) electrons. The molecular weight excluding hydrogens is 286 g/mol. The number of hydrogen-bond acceptors (Lipinski definition) is 1. The van der Waals surface area contributed by atoms with Crippen LogP contribution in [0.1, 0.15) is 51.5 Å². The SMILES string of the molecule is CC(C)(C)NCC(c1ccccc1Br)C1CCC1. The van der Waals surface area contributed by atoms with Crippen molar-refractivity contribution in [2.45, 2.75) is 51.5 Å². The fourth-order valence-electron chi connectivity index (χ4n) is 2.56. The van der Waals surface area contributed by atoms with Crippen LogP contribution in [0.3, 0.4) is 0 Å². The van der Waals surface area contributed by atoms with Gasteiger partial charge in [-0.15, -0.1) is 0 Å². The van der Waals surface area contributed by atoms with Crippen molar-refractivity contribution in [3.05, 3.63) is 34.3 Å². The van der Waals surface area contributed by atoms with Crippen molar-refractivity contribution in [2.75, 3.05) is 6.54 Å². The zero-order valence-corrected chi connectivity index (χ0v) is 13.3. The third-order valence-corrected chi connectivity index (χ3v) is 4.60. The van der Waals surface area contributed by atoms with E-state index in [0.29, 0.717) is 5.92 Å². The summed E-state index contributed by atoms with van der Waals surface area (Å²) >= 11 is 3.71. The molecule has 0 bridgehead atoms. The molecule has 0 spiro atoms. The molecule has 2 heteroatoms. The normalized spacial score (nSPS) is 18.4. The van der Waals surface area contributed by atoms with Gasteiger partial charge in [0, 0.05) is 22.5 Å². The monoisotopic (exact) mass is 309 g/mol. The smallest absolute Gasteiger partial charge is 0.0210 e. The van der Waals surface area contributed by atoms with Crippen LogP contribution in [0.2, 0.25) is 0 Å². The Hall–Kier alpha value is -0.340. The van der Waals surface area contributed by atoms with Crippen LogP contribution in [0.15, 0.2) is 28.7 Å². The van der Waals surface area contributed by atoms with Crippen LogP contribution in [0.25, 0.3) is 0 Å². The van der Waals surface area contributed by atoms with Crippen molar-refractivity contribution in [1.82, 2.24) is 5.32 Å². The highest BCUT2D eigenvalue weighted by Gasteiger charge is 2.30. The van der Waals surface area contributed by atoms with Crippen LogP contribution >= 0.6 is 15.9 Å². The molecule has 2 rings (SSSR count). The fourth-order valence-corrected chi connectivity index (χ4v) is 3.14. The summed E-state index contributed by atoms with van der Waals surface area (Å²) in [4.78, 5) is 0. The highest BCUT2D eigenvalue weighted by atomic mass is 79.9. The number of halogens is 1. The molecule has 100 valence electrons. The molecule has 1 aliphatic rings. The van der Waals surface area contributed by atoms with Gasteiger partial charge in [-0.05, 0) is 51.2 Å². The molecule has 1 aromatic rings. The van der Waals surface area contributed by atoms with Gasteiger partial charge in [-0.2, -0.15) is 0 Å². The summed E-state index contributed by atoms with van der Waals surface area (Å²) in [6.07, 6.45) is 4.18. The van der Waals surface area contributed by atoms with Crippen LogP contribution in [-0.4, -0.2) is 12.1 Å². The Labute approximate surface area is 119 Å². The van der Waals surface area contributed by atoms with Gasteiger partial charge in [-0.1, -0.05) is 40.5 Å². The molecule has 1 aromatic carbocycles. The average molecular weight is 310 g/mol. The lowest BCUT2D eigenvalue weighted by Crippen LogP contribution is -2.41. The van der Waals surface area contributed by atoms with E-state index in [1.165, 1.54) is 29.3 Å². The van der Waals surface area contributed by atoms with Gasteiger partial charge in [-0.3, -0.25) is 0 Å². The first-order valence-electron chi connectivity index (χ1n) is 6.97. The van der Waals surface area contributed by atoms with Crippen LogP contribution in [0.4, 0.5) is 0 Å². The number of nitrogens with one attached hydrogen (secondary N) is 1. The number of benzene rings is 1. The van der Waals surface area contributed by atoms with E-state index in [4.69, 9.17) is 0 Å². The summed E-state index contributed by atoms with van der Waals surface area (Å²) in [5.41, 5.74) is 1.67. The predicted octanol–water partition coefficient (Wildman–Crippen LogP) is 4.72. The van der Waals surface area contributed by atoms with Crippen molar-refractivity contribution in [3.8, 4) is 0 Å². The third kappa shape index (κ3) is 3.58. The molecule has 1 atom stereocenters. The van der Waals surface area contributed by atoms with Crippen LogP contribution in [0, 0.1) is 5.92 Å². The van der Waals surface area contributed by atoms with Crippen molar-refractivity contribution in [2.24, 2.45) is 5.92 Å². The molecule has 0 amide bonds. The minimum atomic E-state index is 0.198. The molecule has 1 unspecified atom stereocenters. The van der Waals surface area contributed by atoms with Crippen molar-refractivity contribution in [1.29, 1.82) is 0 Å². The van der Waals surface area contributed by atoms with Crippen molar-refractivity contribution >= 4 is 15.9 Å². The largest absolute Gasteiger partial charge is 0.311 e. The molecule has 0 aliphatic heterocycles. The molecular formula is C16H24BrN. The molecule has 0 heterocycles. The zero-order chi connectivity index (χ0) is 13.2. The first-order valence-corrected chi connectivity index (χ1v) is 7.76. The van der Waals surface area contributed by atoms with Gasteiger partial charge in [0.25, 0.3) is 0 Å². The maximum atomic E-state index is 3.71. The van der Waals surface area contributed by atoms with Crippen molar-refractivity contribution < 1.29 is 0 Å². The van der Waals surface area contributed by atoms with Crippen molar-refractivity contribution in [3.63, 3.8) is 0 Å². The molecule has 1 saturated carbocycles. The highest BCUT2D eigenvalue weighted by molar-refractivity contribution is 9.10. The highest BCUT2D eigenvalue weighted by Crippen LogP contribution is 2.41. The number of rotatable bonds is 4. The lowest BCUT2D eigenvalue weighted by atomic mass is 9.73. The van der Waals surface area contributed by atoms with E-state index in [1.54, 1.807) is 0 Å². The summed E-state index contributed by atoms with van der Waals surface area (Å²) in [6, 6.07) is 8.70. The quantitative estimate of drug-likeness (QED) is 0.848. The lowest BCUT2D eigenvalue weighted by Gasteiger charge is -2.36. The van der Waals surface area contributed by atoms with Gasteiger partial charge in [0.1, 0.15) is 0 Å². The van der Waals surface area contributed by atoms with Gasteiger partial charge in [0.2, 0.25) is 0 Å². The maximum absolute atomic E-state index is 3.71. The van der Waals surface area contributed by atoms with Gasteiger partial charge in [0.15, 0.2) is 0 Å². The Balaban J connectivity index is 2.12. The summed E-state index contributed by atoms with van der Waals surface area (Å²) in [6.45, 7) is 7.80. The summed E-state index contributed by atoms with van der Waals surface area (Å²) in [5, 5.41) is 3.68. The standard InChI is InChI=1S/C16H24BrN/c1-16(2,3)18-11-14(12-7-6-8-12)13-9-4-5-10-15(13)17/h4-5,9-10,12,14,18H,6-8,11H2,1-3H3. The fraction of sp³-hybridized carbons (Fsp3) is 0.625. The Morgan fingerprint density at radius 3 is 2.44 bits per heavy atom. The molecule has 1 nitrogen and oxygen atoms in total. The minimum Gasteiger partial charge on any atom is -0.311 e. The molecule has 18 heavy (non-hydrogen) atoms. The van der Waals surface area contributed by atoms with E-state index in [2.05, 4.69) is 66.3 Å². The zero-order valence-electron chi connectivity index (χ0n) is 11.7. The summed E-state index contributed by atoms with van der Waals surface area (Å²) in [7, 11) is 0. The van der Waals surface area contributed by atoms with E-state index < -0.39 is 0 Å². The Morgan fingerprint density at radius 1 is 1.28 bits per heavy atom. The Bertz CT molecular complexity index is 390. The Kier molecular flexibility index (Phi) is 4.50. The lowest BCUT2D eigenvalue weighted by molar-refractivity contribution is 0.242. The predicted molar refractivity (Wildman–Crippen MR) is 82.0 cm³/mol. The van der Waals surface area contributed by atoms with Gasteiger partial charge in [-0.25, -0.2) is 0 Å². The third-order valence-electron chi connectivity index (χ3n) is 3.88. The molecule has 0 saturated heterocycles.